The maximum atomic E-state index is 5.33. The molecule has 0 amide bonds. The van der Waals surface area contributed by atoms with Crippen molar-refractivity contribution in [3.63, 3.8) is 0 Å². The lowest BCUT2D eigenvalue weighted by atomic mass is 9.70. The van der Waals surface area contributed by atoms with Gasteiger partial charge in [-0.25, -0.2) is 15.0 Å². The predicted octanol–water partition coefficient (Wildman–Crippen LogP) is 14.0. The molecule has 11 aromatic rings. The minimum Gasteiger partial charge on any atom is -0.309 e. The Kier molecular flexibility index (Phi) is 7.49. The van der Waals surface area contributed by atoms with E-state index in [4.69, 9.17) is 15.0 Å². The Morgan fingerprint density at radius 1 is 0.306 bits per heavy atom. The van der Waals surface area contributed by atoms with Gasteiger partial charge in [-0.1, -0.05) is 182 Å². The molecule has 0 unspecified atom stereocenters. The van der Waals surface area contributed by atoms with Crippen molar-refractivity contribution in [2.45, 2.75) is 5.41 Å². The molecule has 4 heteroatoms. The van der Waals surface area contributed by atoms with Gasteiger partial charge in [-0.2, -0.15) is 0 Å². The topological polar surface area (TPSA) is 43.6 Å². The van der Waals surface area contributed by atoms with Crippen LogP contribution < -0.4 is 0 Å². The second kappa shape index (κ2) is 13.4. The summed E-state index contributed by atoms with van der Waals surface area (Å²) in [7, 11) is 0. The Morgan fingerprint density at radius 2 is 0.790 bits per heavy atom. The molecule has 0 saturated carbocycles. The van der Waals surface area contributed by atoms with Gasteiger partial charge in [0, 0.05) is 33.2 Å². The van der Waals surface area contributed by atoms with Crippen LogP contribution in [0.25, 0.3) is 95.0 Å². The van der Waals surface area contributed by atoms with E-state index in [-0.39, 0.29) is 5.41 Å². The maximum Gasteiger partial charge on any atom is 0.166 e. The first-order valence-electron chi connectivity index (χ1n) is 21.2. The largest absolute Gasteiger partial charge is 0.309 e. The fraction of sp³-hybridized carbons (Fsp3) is 0.0172. The summed E-state index contributed by atoms with van der Waals surface area (Å²) in [6, 6.07) is 78.4. The first-order chi connectivity index (χ1) is 30.8. The molecule has 2 aliphatic rings. The van der Waals surface area contributed by atoms with Crippen molar-refractivity contribution in [3.05, 3.63) is 241 Å². The van der Waals surface area contributed by atoms with Gasteiger partial charge in [-0.05, 0) is 92.0 Å². The van der Waals surface area contributed by atoms with E-state index < -0.39 is 0 Å². The third-order valence-corrected chi connectivity index (χ3v) is 13.1. The van der Waals surface area contributed by atoms with Gasteiger partial charge in [0.25, 0.3) is 0 Å². The third kappa shape index (κ3) is 4.92. The zero-order valence-corrected chi connectivity index (χ0v) is 33.6. The van der Waals surface area contributed by atoms with Gasteiger partial charge in [0.05, 0.1) is 16.4 Å². The fourth-order valence-corrected chi connectivity index (χ4v) is 10.5. The van der Waals surface area contributed by atoms with Gasteiger partial charge in [0.1, 0.15) is 0 Å². The van der Waals surface area contributed by atoms with Crippen molar-refractivity contribution in [2.24, 2.45) is 0 Å². The second-order valence-electron chi connectivity index (χ2n) is 16.3. The van der Waals surface area contributed by atoms with Crippen molar-refractivity contribution >= 4 is 21.8 Å². The van der Waals surface area contributed by atoms with Gasteiger partial charge in [-0.15, -0.1) is 0 Å². The highest BCUT2D eigenvalue weighted by Gasteiger charge is 2.51. The number of hydrogen-bond acceptors (Lipinski definition) is 3. The Bertz CT molecular complexity index is 3540. The van der Waals surface area contributed by atoms with E-state index in [0.29, 0.717) is 17.5 Å². The number of hydrogen-bond donors (Lipinski definition) is 0. The number of para-hydroxylation sites is 3. The van der Waals surface area contributed by atoms with Gasteiger partial charge in [0.15, 0.2) is 17.5 Å². The van der Waals surface area contributed by atoms with Gasteiger partial charge < -0.3 is 4.57 Å². The van der Waals surface area contributed by atoms with E-state index in [1.54, 1.807) is 0 Å². The molecule has 1 spiro atoms. The third-order valence-electron chi connectivity index (χ3n) is 13.1. The molecule has 2 aromatic heterocycles. The lowest BCUT2D eigenvalue weighted by Crippen LogP contribution is -2.25. The highest BCUT2D eigenvalue weighted by Crippen LogP contribution is 2.63. The average molecular weight is 789 g/mol. The Morgan fingerprint density at radius 3 is 1.52 bits per heavy atom. The van der Waals surface area contributed by atoms with Gasteiger partial charge in [0.2, 0.25) is 0 Å². The number of benzene rings is 9. The summed E-state index contributed by atoms with van der Waals surface area (Å²) >= 11 is 0. The molecule has 4 nitrogen and oxygen atoms in total. The molecule has 0 atom stereocenters. The van der Waals surface area contributed by atoms with E-state index in [1.807, 2.05) is 18.2 Å². The number of fused-ring (bicyclic) bond motifs is 13. The average Bonchev–Trinajstić information content (AvgIpc) is 3.96. The van der Waals surface area contributed by atoms with E-state index in [0.717, 1.165) is 49.9 Å². The summed E-state index contributed by atoms with van der Waals surface area (Å²) in [4.78, 5) is 15.7. The van der Waals surface area contributed by atoms with Crippen LogP contribution >= 0.6 is 0 Å². The van der Waals surface area contributed by atoms with Crippen molar-refractivity contribution in [2.75, 3.05) is 0 Å². The van der Waals surface area contributed by atoms with Crippen molar-refractivity contribution in [1.82, 2.24) is 19.5 Å². The Labute approximate surface area is 359 Å². The van der Waals surface area contributed by atoms with Crippen LogP contribution in [0.3, 0.4) is 0 Å². The van der Waals surface area contributed by atoms with E-state index in [2.05, 4.69) is 205 Å². The zero-order chi connectivity index (χ0) is 40.8. The lowest BCUT2D eigenvalue weighted by molar-refractivity contribution is 0.794. The summed E-state index contributed by atoms with van der Waals surface area (Å²) in [6.45, 7) is 0. The summed E-state index contributed by atoms with van der Waals surface area (Å²) in [5.41, 5.74) is 18.5. The Balaban J connectivity index is 0.987. The smallest absolute Gasteiger partial charge is 0.166 e. The van der Waals surface area contributed by atoms with Gasteiger partial charge in [-0.3, -0.25) is 0 Å². The van der Waals surface area contributed by atoms with Crippen LogP contribution in [0.5, 0.6) is 0 Å². The van der Waals surface area contributed by atoms with Crippen LogP contribution in [0, 0.1) is 0 Å². The van der Waals surface area contributed by atoms with E-state index >= 15 is 0 Å². The number of rotatable bonds is 5. The Hall–Kier alpha value is -8.21. The van der Waals surface area contributed by atoms with Crippen molar-refractivity contribution < 1.29 is 0 Å². The van der Waals surface area contributed by atoms with Crippen LogP contribution in [-0.4, -0.2) is 19.5 Å². The quantitative estimate of drug-likeness (QED) is 0.174. The fourth-order valence-electron chi connectivity index (χ4n) is 10.5. The first kappa shape index (κ1) is 34.6. The molecule has 0 fully saturated rings. The molecule has 62 heavy (non-hydrogen) atoms. The van der Waals surface area contributed by atoms with Crippen LogP contribution in [-0.2, 0) is 5.41 Å². The highest BCUT2D eigenvalue weighted by atomic mass is 15.0. The molecule has 0 N–H and O–H groups in total. The molecule has 2 aliphatic carbocycles. The number of nitrogens with zero attached hydrogens (tertiary/aromatic N) is 4. The van der Waals surface area contributed by atoms with E-state index in [1.165, 1.54) is 49.9 Å². The van der Waals surface area contributed by atoms with Crippen molar-refractivity contribution in [3.8, 4) is 73.2 Å². The monoisotopic (exact) mass is 788 g/mol. The molecule has 0 saturated heterocycles. The summed E-state index contributed by atoms with van der Waals surface area (Å²) in [5, 5.41) is 2.33. The van der Waals surface area contributed by atoms with Crippen LogP contribution in [0.4, 0.5) is 0 Å². The van der Waals surface area contributed by atoms with Crippen molar-refractivity contribution in [1.29, 1.82) is 0 Å². The molecular formula is C58H36N4. The minimum absolute atomic E-state index is 0.371. The SMILES string of the molecule is c1ccc(-c2nc(-c3cccc(-c4ccc5c(c4)-c4ccccc4C54c5ccccc5-c5ccccc54)c3)nc(-c3cccc4c5ccccc5n(-c5ccccc5)c34)n2)cc1. The lowest BCUT2D eigenvalue weighted by Gasteiger charge is -2.30. The van der Waals surface area contributed by atoms with Crippen LogP contribution in [0.15, 0.2) is 218 Å². The van der Waals surface area contributed by atoms with Crippen LogP contribution in [0.2, 0.25) is 0 Å². The summed E-state index contributed by atoms with van der Waals surface area (Å²) < 4.78 is 2.34. The molecule has 288 valence electrons. The maximum absolute atomic E-state index is 5.33. The standard InChI is InChI=1S/C58H36N4/c1-3-17-37(18-4-1)55-59-56(61-57(60-55)47-28-16-27-46-45-26-10-14-32-53(45)62(54(46)47)41-21-5-2-6-22-41)40-20-15-19-38(35-40)39-33-34-52-48(36-39)44-25-9-13-31-51(44)58(52)49-29-11-7-23-42(49)43-24-8-12-30-50(43)58/h1-36H. The zero-order valence-electron chi connectivity index (χ0n) is 33.6. The normalized spacial score (nSPS) is 13.0. The predicted molar refractivity (Wildman–Crippen MR) is 252 cm³/mol. The molecule has 9 aromatic carbocycles. The molecule has 0 radical (unpaired) electrons. The molecule has 0 bridgehead atoms. The van der Waals surface area contributed by atoms with Crippen LogP contribution in [0.1, 0.15) is 22.3 Å². The molecule has 2 heterocycles. The number of aromatic nitrogens is 4. The van der Waals surface area contributed by atoms with Gasteiger partial charge >= 0.3 is 0 Å². The minimum atomic E-state index is -0.371. The van der Waals surface area contributed by atoms with E-state index in [9.17, 15) is 0 Å². The second-order valence-corrected chi connectivity index (χ2v) is 16.3. The summed E-state index contributed by atoms with van der Waals surface area (Å²) in [6.07, 6.45) is 0. The highest BCUT2D eigenvalue weighted by molar-refractivity contribution is 6.13. The first-order valence-corrected chi connectivity index (χ1v) is 21.2. The summed E-state index contributed by atoms with van der Waals surface area (Å²) in [5.74, 6) is 1.88. The molecule has 13 rings (SSSR count). The molecule has 0 aliphatic heterocycles. The molecular weight excluding hydrogens is 753 g/mol.